The molecule has 0 aliphatic carbocycles. The van der Waals surface area contributed by atoms with Crippen LogP contribution >= 0.6 is 11.3 Å². The van der Waals surface area contributed by atoms with E-state index in [0.717, 1.165) is 0 Å². The molecule has 3 aromatic rings. The molecule has 0 spiro atoms. The van der Waals surface area contributed by atoms with Crippen LogP contribution in [0.15, 0.2) is 54.0 Å². The lowest BCUT2D eigenvalue weighted by molar-refractivity contribution is -0.142. The Hall–Kier alpha value is -3.26. The minimum absolute atomic E-state index is 0.0650. The zero-order valence-corrected chi connectivity index (χ0v) is 15.4. The van der Waals surface area contributed by atoms with Crippen molar-refractivity contribution in [1.29, 1.82) is 0 Å². The number of anilines is 1. The highest BCUT2D eigenvalue weighted by atomic mass is 32.1. The number of benzene rings is 1. The van der Waals surface area contributed by atoms with E-state index in [2.05, 4.69) is 15.3 Å². The van der Waals surface area contributed by atoms with Crippen LogP contribution in [0.5, 0.6) is 11.6 Å². The number of para-hydroxylation sites is 1. The summed E-state index contributed by atoms with van der Waals surface area (Å²) in [6.07, 6.45) is 1.62. The van der Waals surface area contributed by atoms with E-state index in [4.69, 9.17) is 9.47 Å². The number of hydrogen-bond acceptors (Lipinski definition) is 7. The van der Waals surface area contributed by atoms with Gasteiger partial charge in [0.15, 0.2) is 5.13 Å². The summed E-state index contributed by atoms with van der Waals surface area (Å²) in [5.41, 5.74) is 0.823. The highest BCUT2D eigenvalue weighted by Gasteiger charge is 2.16. The van der Waals surface area contributed by atoms with E-state index in [1.54, 1.807) is 42.8 Å². The number of ether oxygens (including phenoxy) is 2. The number of aromatic nitrogens is 2. The molecule has 1 aromatic carbocycles. The van der Waals surface area contributed by atoms with Gasteiger partial charge in [-0.2, -0.15) is 0 Å². The molecule has 0 aliphatic rings. The molecule has 0 saturated carbocycles. The number of hydrogen-bond donors (Lipinski definition) is 1. The number of carbonyl (C=O) groups excluding carboxylic acids is 2. The van der Waals surface area contributed by atoms with Gasteiger partial charge < -0.3 is 9.47 Å². The van der Waals surface area contributed by atoms with Gasteiger partial charge in [0.05, 0.1) is 18.7 Å². The van der Waals surface area contributed by atoms with Crippen LogP contribution in [-0.4, -0.2) is 28.5 Å². The topological polar surface area (TPSA) is 90.4 Å². The molecule has 0 atom stereocenters. The molecule has 2 heterocycles. The van der Waals surface area contributed by atoms with E-state index in [-0.39, 0.29) is 23.8 Å². The van der Waals surface area contributed by atoms with Crippen molar-refractivity contribution in [2.24, 2.45) is 0 Å². The molecule has 0 fully saturated rings. The highest BCUT2D eigenvalue weighted by Crippen LogP contribution is 2.24. The fourth-order valence-corrected chi connectivity index (χ4v) is 2.92. The van der Waals surface area contributed by atoms with Crippen molar-refractivity contribution in [3.05, 3.63) is 65.3 Å². The first-order valence-electron chi connectivity index (χ1n) is 8.25. The Labute approximate surface area is 160 Å². The third kappa shape index (κ3) is 5.11. The van der Waals surface area contributed by atoms with Crippen LogP contribution in [0, 0.1) is 0 Å². The molecule has 0 unspecified atom stereocenters. The molecule has 7 nitrogen and oxygen atoms in total. The first-order chi connectivity index (χ1) is 13.2. The average Bonchev–Trinajstić information content (AvgIpc) is 3.10. The molecule has 0 saturated heterocycles. The van der Waals surface area contributed by atoms with Gasteiger partial charge in [-0.1, -0.05) is 18.2 Å². The maximum Gasteiger partial charge on any atom is 0.311 e. The smallest absolute Gasteiger partial charge is 0.311 e. The van der Waals surface area contributed by atoms with Crippen LogP contribution in [0.2, 0.25) is 0 Å². The van der Waals surface area contributed by atoms with E-state index < -0.39 is 5.91 Å². The summed E-state index contributed by atoms with van der Waals surface area (Å²) < 4.78 is 10.6. The van der Waals surface area contributed by atoms with E-state index in [9.17, 15) is 9.59 Å². The fourth-order valence-electron chi connectivity index (χ4n) is 2.22. The van der Waals surface area contributed by atoms with Crippen molar-refractivity contribution in [3.8, 4) is 11.6 Å². The average molecular weight is 383 g/mol. The van der Waals surface area contributed by atoms with Gasteiger partial charge in [-0.15, -0.1) is 11.3 Å². The van der Waals surface area contributed by atoms with Crippen LogP contribution in [0.1, 0.15) is 23.0 Å². The molecule has 0 aliphatic heterocycles. The first kappa shape index (κ1) is 18.5. The summed E-state index contributed by atoms with van der Waals surface area (Å²) in [4.78, 5) is 32.5. The number of pyridine rings is 1. The zero-order valence-electron chi connectivity index (χ0n) is 14.5. The molecule has 0 radical (unpaired) electrons. The van der Waals surface area contributed by atoms with Gasteiger partial charge in [0.2, 0.25) is 5.88 Å². The maximum atomic E-state index is 12.6. The molecular weight excluding hydrogens is 366 g/mol. The normalized spacial score (nSPS) is 10.3. The van der Waals surface area contributed by atoms with Crippen molar-refractivity contribution in [2.45, 2.75) is 13.3 Å². The number of nitrogens with zero attached hydrogens (tertiary/aromatic N) is 2. The van der Waals surface area contributed by atoms with E-state index in [0.29, 0.717) is 23.2 Å². The van der Waals surface area contributed by atoms with Crippen molar-refractivity contribution < 1.29 is 19.1 Å². The largest absolute Gasteiger partial charge is 0.466 e. The molecule has 27 heavy (non-hydrogen) atoms. The number of esters is 1. The van der Waals surface area contributed by atoms with Gasteiger partial charge in [-0.3, -0.25) is 14.9 Å². The van der Waals surface area contributed by atoms with Crippen molar-refractivity contribution in [1.82, 2.24) is 9.97 Å². The summed E-state index contributed by atoms with van der Waals surface area (Å²) >= 11 is 1.23. The van der Waals surface area contributed by atoms with Crippen LogP contribution in [-0.2, 0) is 16.0 Å². The van der Waals surface area contributed by atoms with Gasteiger partial charge in [0, 0.05) is 11.6 Å². The van der Waals surface area contributed by atoms with Crippen molar-refractivity contribution in [3.63, 3.8) is 0 Å². The van der Waals surface area contributed by atoms with E-state index >= 15 is 0 Å². The molecule has 1 N–H and O–H groups in total. The number of thiazole rings is 1. The lowest BCUT2D eigenvalue weighted by atomic mass is 10.2. The zero-order chi connectivity index (χ0) is 19.1. The van der Waals surface area contributed by atoms with Crippen LogP contribution in [0.3, 0.4) is 0 Å². The Morgan fingerprint density at radius 1 is 1.15 bits per heavy atom. The highest BCUT2D eigenvalue weighted by molar-refractivity contribution is 7.14. The Morgan fingerprint density at radius 3 is 2.74 bits per heavy atom. The molecular formula is C19H17N3O4S. The summed E-state index contributed by atoms with van der Waals surface area (Å²) in [7, 11) is 0. The molecule has 1 amide bonds. The predicted molar refractivity (Wildman–Crippen MR) is 101 cm³/mol. The molecule has 2 aromatic heterocycles. The quantitative estimate of drug-likeness (QED) is 0.626. The minimum Gasteiger partial charge on any atom is -0.466 e. The number of amides is 1. The maximum absolute atomic E-state index is 12.6. The minimum atomic E-state index is -0.397. The second-order valence-corrected chi connectivity index (χ2v) is 6.21. The third-order valence-electron chi connectivity index (χ3n) is 3.38. The standard InChI is InChI=1S/C19H17N3O4S/c1-2-25-16(23)11-13-12-27-19(21-13)22-17(24)15-9-6-10-20-18(15)26-14-7-4-3-5-8-14/h3-10,12H,2,11H2,1H3,(H,21,22,24). The van der Waals surface area contributed by atoms with Crippen LogP contribution < -0.4 is 10.1 Å². The van der Waals surface area contributed by atoms with Crippen molar-refractivity contribution >= 4 is 28.3 Å². The Bertz CT molecular complexity index is 927. The van der Waals surface area contributed by atoms with Gasteiger partial charge in [0.1, 0.15) is 11.3 Å². The summed E-state index contributed by atoms with van der Waals surface area (Å²) in [6, 6.07) is 12.4. The van der Waals surface area contributed by atoms with E-state index in [1.165, 1.54) is 11.3 Å². The Balaban J connectivity index is 1.70. The third-order valence-corrected chi connectivity index (χ3v) is 4.18. The fraction of sp³-hybridized carbons (Fsp3) is 0.158. The second-order valence-electron chi connectivity index (χ2n) is 5.35. The summed E-state index contributed by atoms with van der Waals surface area (Å²) in [5.74, 6) is 0.0262. The molecule has 3 rings (SSSR count). The van der Waals surface area contributed by atoms with Gasteiger partial charge in [-0.05, 0) is 31.2 Å². The predicted octanol–water partition coefficient (Wildman–Crippen LogP) is 3.69. The lowest BCUT2D eigenvalue weighted by Crippen LogP contribution is -2.14. The van der Waals surface area contributed by atoms with Crippen LogP contribution in [0.4, 0.5) is 5.13 Å². The summed E-state index contributed by atoms with van der Waals surface area (Å²) in [5, 5.41) is 4.80. The first-order valence-corrected chi connectivity index (χ1v) is 9.13. The van der Waals surface area contributed by atoms with Crippen molar-refractivity contribution in [2.75, 3.05) is 11.9 Å². The van der Waals surface area contributed by atoms with Crippen LogP contribution in [0.25, 0.3) is 0 Å². The van der Waals surface area contributed by atoms with Gasteiger partial charge in [-0.25, -0.2) is 9.97 Å². The SMILES string of the molecule is CCOC(=O)Cc1csc(NC(=O)c2cccnc2Oc2ccccc2)n1. The van der Waals surface area contributed by atoms with Gasteiger partial charge >= 0.3 is 5.97 Å². The second kappa shape index (κ2) is 8.91. The Morgan fingerprint density at radius 2 is 1.96 bits per heavy atom. The monoisotopic (exact) mass is 383 g/mol. The molecule has 8 heteroatoms. The lowest BCUT2D eigenvalue weighted by Gasteiger charge is -2.09. The van der Waals surface area contributed by atoms with Gasteiger partial charge in [0.25, 0.3) is 5.91 Å². The Kier molecular flexibility index (Phi) is 6.11. The van der Waals surface area contributed by atoms with E-state index in [1.807, 2.05) is 18.2 Å². The molecule has 0 bridgehead atoms. The number of carbonyl (C=O) groups is 2. The number of nitrogens with one attached hydrogen (secondary N) is 1. The molecule has 138 valence electrons. The number of rotatable bonds is 7. The summed E-state index contributed by atoms with van der Waals surface area (Å²) in [6.45, 7) is 2.06.